The van der Waals surface area contributed by atoms with Crippen LogP contribution in [-0.2, 0) is 17.9 Å². The Labute approximate surface area is 148 Å². The highest BCUT2D eigenvalue weighted by molar-refractivity contribution is 5.80. The van der Waals surface area contributed by atoms with Crippen molar-refractivity contribution in [3.63, 3.8) is 0 Å². The second-order valence-corrected chi connectivity index (χ2v) is 6.44. The van der Waals surface area contributed by atoms with Crippen molar-refractivity contribution in [3.05, 3.63) is 53.9 Å². The summed E-state index contributed by atoms with van der Waals surface area (Å²) in [6.07, 6.45) is 4.31. The summed E-state index contributed by atoms with van der Waals surface area (Å²) in [5.41, 5.74) is 2.14. The number of piperazine rings is 1. The Bertz CT molecular complexity index is 678. The first kappa shape index (κ1) is 17.6. The maximum Gasteiger partial charge on any atom is 0.247 e. The summed E-state index contributed by atoms with van der Waals surface area (Å²) in [6.45, 7) is 6.07. The van der Waals surface area contributed by atoms with Gasteiger partial charge in [0, 0.05) is 45.1 Å². The fourth-order valence-electron chi connectivity index (χ4n) is 3.38. The summed E-state index contributed by atoms with van der Waals surface area (Å²) in [7, 11) is 0. The Morgan fingerprint density at radius 1 is 1.16 bits per heavy atom. The average Bonchev–Trinajstić information content (AvgIpc) is 3.17. The molecule has 134 valence electrons. The zero-order chi connectivity index (χ0) is 17.6. The molecule has 25 heavy (non-hydrogen) atoms. The van der Waals surface area contributed by atoms with Crippen LogP contribution < -0.4 is 0 Å². The summed E-state index contributed by atoms with van der Waals surface area (Å²) < 4.78 is 1.76. The molecular formula is C19H26N4O2. The fourth-order valence-corrected chi connectivity index (χ4v) is 3.38. The SMILES string of the molecule is CC[C@H](C(=O)N1CCN(Cc2ccccc2CO)CC1)n1cccn1. The monoisotopic (exact) mass is 342 g/mol. The molecule has 1 fully saturated rings. The topological polar surface area (TPSA) is 61.6 Å². The highest BCUT2D eigenvalue weighted by atomic mass is 16.3. The highest BCUT2D eigenvalue weighted by Gasteiger charge is 2.27. The molecule has 1 aromatic heterocycles. The molecule has 1 saturated heterocycles. The molecule has 2 heterocycles. The number of amides is 1. The van der Waals surface area contributed by atoms with Gasteiger partial charge in [-0.3, -0.25) is 14.4 Å². The van der Waals surface area contributed by atoms with Crippen molar-refractivity contribution in [3.8, 4) is 0 Å². The summed E-state index contributed by atoms with van der Waals surface area (Å²) in [5.74, 6) is 0.154. The van der Waals surface area contributed by atoms with Gasteiger partial charge in [-0.2, -0.15) is 5.10 Å². The van der Waals surface area contributed by atoms with Crippen LogP contribution >= 0.6 is 0 Å². The van der Waals surface area contributed by atoms with Gasteiger partial charge in [0.25, 0.3) is 0 Å². The van der Waals surface area contributed by atoms with Crippen LogP contribution in [0.4, 0.5) is 0 Å². The third-order valence-corrected chi connectivity index (χ3v) is 4.88. The number of hydrogen-bond acceptors (Lipinski definition) is 4. The minimum Gasteiger partial charge on any atom is -0.392 e. The number of aliphatic hydroxyl groups is 1. The van der Waals surface area contributed by atoms with Gasteiger partial charge in [-0.05, 0) is 23.6 Å². The summed E-state index contributed by atoms with van der Waals surface area (Å²) >= 11 is 0. The van der Waals surface area contributed by atoms with E-state index in [4.69, 9.17) is 0 Å². The first-order valence-corrected chi connectivity index (χ1v) is 8.90. The predicted octanol–water partition coefficient (Wildman–Crippen LogP) is 1.67. The third-order valence-electron chi connectivity index (χ3n) is 4.88. The van der Waals surface area contributed by atoms with Gasteiger partial charge in [0.15, 0.2) is 0 Å². The molecule has 1 atom stereocenters. The summed E-state index contributed by atoms with van der Waals surface area (Å²) in [6, 6.07) is 9.62. The Kier molecular flexibility index (Phi) is 5.83. The largest absolute Gasteiger partial charge is 0.392 e. The van der Waals surface area contributed by atoms with Crippen molar-refractivity contribution in [2.75, 3.05) is 26.2 Å². The van der Waals surface area contributed by atoms with Crippen molar-refractivity contribution in [1.82, 2.24) is 19.6 Å². The number of carbonyl (C=O) groups is 1. The quantitative estimate of drug-likeness (QED) is 0.867. The van der Waals surface area contributed by atoms with E-state index in [0.29, 0.717) is 0 Å². The summed E-state index contributed by atoms with van der Waals surface area (Å²) in [4.78, 5) is 17.1. The summed E-state index contributed by atoms with van der Waals surface area (Å²) in [5, 5.41) is 13.7. The molecule has 1 aliphatic rings. The van der Waals surface area contributed by atoms with Gasteiger partial charge in [0.2, 0.25) is 5.91 Å². The van der Waals surface area contributed by atoms with Crippen molar-refractivity contribution in [2.45, 2.75) is 32.5 Å². The van der Waals surface area contributed by atoms with E-state index in [9.17, 15) is 9.90 Å². The fraction of sp³-hybridized carbons (Fsp3) is 0.474. The zero-order valence-electron chi connectivity index (χ0n) is 14.7. The van der Waals surface area contributed by atoms with E-state index in [1.807, 2.05) is 42.3 Å². The van der Waals surface area contributed by atoms with Crippen LogP contribution in [0, 0.1) is 0 Å². The van der Waals surface area contributed by atoms with Crippen LogP contribution in [-0.4, -0.2) is 56.8 Å². The van der Waals surface area contributed by atoms with Crippen molar-refractivity contribution in [2.24, 2.45) is 0 Å². The van der Waals surface area contributed by atoms with Crippen molar-refractivity contribution in [1.29, 1.82) is 0 Å². The van der Waals surface area contributed by atoms with E-state index in [1.54, 1.807) is 10.9 Å². The van der Waals surface area contributed by atoms with Gasteiger partial charge in [0.05, 0.1) is 6.61 Å². The smallest absolute Gasteiger partial charge is 0.247 e. The van der Waals surface area contributed by atoms with Gasteiger partial charge in [0.1, 0.15) is 6.04 Å². The van der Waals surface area contributed by atoms with E-state index < -0.39 is 0 Å². The minimum absolute atomic E-state index is 0.0661. The van der Waals surface area contributed by atoms with Crippen molar-refractivity contribution < 1.29 is 9.90 Å². The zero-order valence-corrected chi connectivity index (χ0v) is 14.7. The van der Waals surface area contributed by atoms with E-state index in [-0.39, 0.29) is 18.6 Å². The van der Waals surface area contributed by atoms with Crippen LogP contribution in [0.5, 0.6) is 0 Å². The number of aromatic nitrogens is 2. The van der Waals surface area contributed by atoms with Crippen LogP contribution in [0.15, 0.2) is 42.7 Å². The lowest BCUT2D eigenvalue weighted by atomic mass is 10.1. The van der Waals surface area contributed by atoms with Gasteiger partial charge in [-0.1, -0.05) is 31.2 Å². The standard InChI is InChI=1S/C19H26N4O2/c1-2-18(23-9-5-8-20-23)19(25)22-12-10-21(11-13-22)14-16-6-3-4-7-17(16)15-24/h3-9,18,24H,2,10-15H2,1H3/t18-/m1/s1. The van der Waals surface area contributed by atoms with Crippen LogP contribution in [0.3, 0.4) is 0 Å². The molecular weight excluding hydrogens is 316 g/mol. The van der Waals surface area contributed by atoms with Gasteiger partial charge in [-0.25, -0.2) is 0 Å². The van der Waals surface area contributed by atoms with Gasteiger partial charge >= 0.3 is 0 Å². The predicted molar refractivity (Wildman–Crippen MR) is 95.8 cm³/mol. The van der Waals surface area contributed by atoms with E-state index in [1.165, 1.54) is 0 Å². The molecule has 1 amide bonds. The number of aliphatic hydroxyl groups excluding tert-OH is 1. The van der Waals surface area contributed by atoms with Crippen molar-refractivity contribution >= 4 is 5.91 Å². The highest BCUT2D eigenvalue weighted by Crippen LogP contribution is 2.17. The average molecular weight is 342 g/mol. The number of nitrogens with zero attached hydrogens (tertiary/aromatic N) is 4. The Balaban J connectivity index is 1.57. The molecule has 1 aliphatic heterocycles. The lowest BCUT2D eigenvalue weighted by Crippen LogP contribution is -2.50. The van der Waals surface area contributed by atoms with E-state index in [0.717, 1.165) is 50.3 Å². The molecule has 0 spiro atoms. The second kappa shape index (κ2) is 8.27. The first-order valence-electron chi connectivity index (χ1n) is 8.90. The van der Waals surface area contributed by atoms with Gasteiger partial charge < -0.3 is 10.0 Å². The molecule has 1 aromatic carbocycles. The Hall–Kier alpha value is -2.18. The Morgan fingerprint density at radius 2 is 1.88 bits per heavy atom. The Morgan fingerprint density at radius 3 is 2.48 bits per heavy atom. The molecule has 3 rings (SSSR count). The first-order chi connectivity index (χ1) is 12.2. The number of carbonyl (C=O) groups excluding carboxylic acids is 1. The van der Waals surface area contributed by atoms with Crippen LogP contribution in [0.25, 0.3) is 0 Å². The number of rotatable bonds is 6. The molecule has 0 unspecified atom stereocenters. The van der Waals surface area contributed by atoms with Gasteiger partial charge in [-0.15, -0.1) is 0 Å². The number of benzene rings is 1. The molecule has 1 N–H and O–H groups in total. The lowest BCUT2D eigenvalue weighted by molar-refractivity contribution is -0.137. The molecule has 0 bridgehead atoms. The molecule has 6 heteroatoms. The molecule has 0 saturated carbocycles. The minimum atomic E-state index is -0.211. The number of hydrogen-bond donors (Lipinski definition) is 1. The third kappa shape index (κ3) is 4.08. The molecule has 0 aliphatic carbocycles. The molecule has 6 nitrogen and oxygen atoms in total. The maximum absolute atomic E-state index is 12.8. The van der Waals surface area contributed by atoms with E-state index in [2.05, 4.69) is 16.1 Å². The van der Waals surface area contributed by atoms with E-state index >= 15 is 0 Å². The van der Waals surface area contributed by atoms with Crippen LogP contribution in [0.1, 0.15) is 30.5 Å². The normalized spacial score (nSPS) is 16.8. The molecule has 2 aromatic rings. The van der Waals surface area contributed by atoms with Crippen LogP contribution in [0.2, 0.25) is 0 Å². The lowest BCUT2D eigenvalue weighted by Gasteiger charge is -2.36. The second-order valence-electron chi connectivity index (χ2n) is 6.44. The maximum atomic E-state index is 12.8. The molecule has 0 radical (unpaired) electrons.